The van der Waals surface area contributed by atoms with E-state index in [0.29, 0.717) is 30.1 Å². The molecule has 5 atom stereocenters. The Kier molecular flexibility index (Phi) is 11.6. The Hall–Kier alpha value is -1.84. The summed E-state index contributed by atoms with van der Waals surface area (Å²) in [7, 11) is 0. The smallest absolute Gasteiger partial charge is 0.0942 e. The lowest BCUT2D eigenvalue weighted by atomic mass is 9.86. The maximum atomic E-state index is 10.9. The Labute approximate surface area is 214 Å². The number of fused-ring (bicyclic) bond motifs is 1. The summed E-state index contributed by atoms with van der Waals surface area (Å²) in [6, 6.07) is 10.4. The van der Waals surface area contributed by atoms with Gasteiger partial charge in [-0.3, -0.25) is 0 Å². The molecule has 0 spiro atoms. The van der Waals surface area contributed by atoms with Crippen molar-refractivity contribution in [2.45, 2.75) is 97.7 Å². The molecule has 0 radical (unpaired) electrons. The van der Waals surface area contributed by atoms with Crippen LogP contribution >= 0.6 is 0 Å². The van der Waals surface area contributed by atoms with Gasteiger partial charge in [0.25, 0.3) is 0 Å². The summed E-state index contributed by atoms with van der Waals surface area (Å²) in [5, 5.41) is 21.5. The van der Waals surface area contributed by atoms with E-state index < -0.39 is 6.10 Å². The number of hydrogen-bond donors (Lipinski definition) is 2. The van der Waals surface area contributed by atoms with Crippen molar-refractivity contribution in [1.82, 2.24) is 0 Å². The fourth-order valence-electron chi connectivity index (χ4n) is 5.83. The zero-order valence-electron chi connectivity index (χ0n) is 22.3. The number of rotatable bonds is 15. The molecule has 3 heteroatoms. The number of allylic oxidation sites excluding steroid dienone is 5. The third kappa shape index (κ3) is 9.28. The Morgan fingerprint density at radius 1 is 1.09 bits per heavy atom. The standard InChI is InChI=1S/C32H48O3/c1-24(2)12-9-10-13-25(3)17-18-30(33)32-29-21-27(20-28(29)22-31(32)34)16-8-5-11-19-35-23-26-14-6-4-7-15-26/h4,6-7,12,14-15,18,20,25,28-29,31-34H,5,8-11,13,16-17,19,21-23H2,1-3H3/t25?,28-,29-,31-,32+/m1/s1. The molecule has 0 saturated heterocycles. The molecule has 0 heterocycles. The molecule has 2 aliphatic carbocycles. The zero-order valence-corrected chi connectivity index (χ0v) is 22.3. The lowest BCUT2D eigenvalue weighted by Gasteiger charge is -2.22. The highest BCUT2D eigenvalue weighted by Crippen LogP contribution is 2.49. The number of aliphatic hydroxyl groups is 2. The highest BCUT2D eigenvalue weighted by Gasteiger charge is 2.46. The largest absolute Gasteiger partial charge is 0.512 e. The van der Waals surface area contributed by atoms with Crippen LogP contribution in [-0.2, 0) is 11.3 Å². The highest BCUT2D eigenvalue weighted by molar-refractivity contribution is 5.22. The fourth-order valence-corrected chi connectivity index (χ4v) is 5.83. The van der Waals surface area contributed by atoms with Gasteiger partial charge in [-0.2, -0.15) is 0 Å². The molecule has 3 nitrogen and oxygen atoms in total. The minimum absolute atomic E-state index is 0.0852. The van der Waals surface area contributed by atoms with Crippen LogP contribution in [0.3, 0.4) is 0 Å². The van der Waals surface area contributed by atoms with E-state index in [1.807, 2.05) is 12.1 Å². The Morgan fingerprint density at radius 3 is 2.66 bits per heavy atom. The van der Waals surface area contributed by atoms with Crippen LogP contribution in [0.5, 0.6) is 0 Å². The summed E-state index contributed by atoms with van der Waals surface area (Å²) in [6.45, 7) is 8.08. The second-order valence-electron chi connectivity index (χ2n) is 11.2. The lowest BCUT2D eigenvalue weighted by molar-refractivity contribution is 0.108. The summed E-state index contributed by atoms with van der Waals surface area (Å²) in [4.78, 5) is 0. The zero-order chi connectivity index (χ0) is 25.0. The summed E-state index contributed by atoms with van der Waals surface area (Å²) in [6.07, 6.45) is 17.2. The molecule has 1 saturated carbocycles. The maximum Gasteiger partial charge on any atom is 0.0942 e. The van der Waals surface area contributed by atoms with Crippen molar-refractivity contribution in [2.24, 2.45) is 23.7 Å². The normalized spacial score (nSPS) is 24.8. The second-order valence-corrected chi connectivity index (χ2v) is 11.2. The van der Waals surface area contributed by atoms with E-state index in [4.69, 9.17) is 4.74 Å². The fraction of sp³-hybridized carbons (Fsp3) is 0.625. The summed E-state index contributed by atoms with van der Waals surface area (Å²) in [5.41, 5.74) is 4.15. The molecule has 35 heavy (non-hydrogen) atoms. The van der Waals surface area contributed by atoms with Crippen LogP contribution in [0, 0.1) is 23.7 Å². The first-order chi connectivity index (χ1) is 16.9. The van der Waals surface area contributed by atoms with E-state index in [1.165, 1.54) is 42.4 Å². The molecule has 194 valence electrons. The van der Waals surface area contributed by atoms with E-state index in [2.05, 4.69) is 57.2 Å². The minimum atomic E-state index is -0.409. The van der Waals surface area contributed by atoms with Gasteiger partial charge in [0, 0.05) is 12.5 Å². The molecule has 1 aromatic carbocycles. The highest BCUT2D eigenvalue weighted by atomic mass is 16.5. The molecule has 2 aliphatic rings. The summed E-state index contributed by atoms with van der Waals surface area (Å²) >= 11 is 0. The Balaban J connectivity index is 1.33. The van der Waals surface area contributed by atoms with Gasteiger partial charge < -0.3 is 14.9 Å². The lowest BCUT2D eigenvalue weighted by Crippen LogP contribution is -2.22. The van der Waals surface area contributed by atoms with Gasteiger partial charge in [0.2, 0.25) is 0 Å². The molecule has 1 fully saturated rings. The van der Waals surface area contributed by atoms with Gasteiger partial charge in [0.05, 0.1) is 18.5 Å². The molecule has 0 amide bonds. The number of benzene rings is 1. The van der Waals surface area contributed by atoms with Crippen molar-refractivity contribution in [3.05, 3.63) is 71.0 Å². The van der Waals surface area contributed by atoms with Crippen LogP contribution in [0.2, 0.25) is 0 Å². The van der Waals surface area contributed by atoms with Crippen LogP contribution in [0.1, 0.15) is 90.5 Å². The first-order valence-electron chi connectivity index (χ1n) is 14.0. The van der Waals surface area contributed by atoms with Gasteiger partial charge in [-0.05, 0) is 94.6 Å². The molecule has 1 aromatic rings. The SMILES string of the molecule is CC(C)=CCCCC(C)CC=C(O)[C@@H]1[C@@H]2CC(CCCCCOCc3ccccc3)=C[C@@H]2C[C@H]1O. The first-order valence-corrected chi connectivity index (χ1v) is 14.0. The van der Waals surface area contributed by atoms with Gasteiger partial charge in [0.1, 0.15) is 0 Å². The molecule has 0 bridgehead atoms. The summed E-state index contributed by atoms with van der Waals surface area (Å²) < 4.78 is 5.80. The van der Waals surface area contributed by atoms with Gasteiger partial charge in [-0.1, -0.05) is 73.4 Å². The molecule has 0 aromatic heterocycles. The molecular weight excluding hydrogens is 432 g/mol. The van der Waals surface area contributed by atoms with Crippen LogP contribution in [0.25, 0.3) is 0 Å². The molecule has 0 aliphatic heterocycles. The van der Waals surface area contributed by atoms with Crippen molar-refractivity contribution >= 4 is 0 Å². The Bertz CT molecular complexity index is 834. The monoisotopic (exact) mass is 480 g/mol. The predicted molar refractivity (Wildman–Crippen MR) is 146 cm³/mol. The van der Waals surface area contributed by atoms with Crippen molar-refractivity contribution < 1.29 is 14.9 Å². The van der Waals surface area contributed by atoms with Crippen molar-refractivity contribution in [3.63, 3.8) is 0 Å². The van der Waals surface area contributed by atoms with E-state index in [1.54, 1.807) is 0 Å². The second kappa shape index (κ2) is 14.7. The molecule has 2 N–H and O–H groups in total. The summed E-state index contributed by atoms with van der Waals surface area (Å²) in [5.74, 6) is 1.71. The number of ether oxygens (including phenoxy) is 1. The Morgan fingerprint density at radius 2 is 1.89 bits per heavy atom. The minimum Gasteiger partial charge on any atom is -0.512 e. The third-order valence-corrected chi connectivity index (χ3v) is 7.81. The number of unbranched alkanes of at least 4 members (excludes halogenated alkanes) is 3. The van der Waals surface area contributed by atoms with Crippen LogP contribution < -0.4 is 0 Å². The van der Waals surface area contributed by atoms with E-state index >= 15 is 0 Å². The van der Waals surface area contributed by atoms with E-state index in [-0.39, 0.29) is 5.92 Å². The van der Waals surface area contributed by atoms with E-state index in [9.17, 15) is 10.2 Å². The van der Waals surface area contributed by atoms with E-state index in [0.717, 1.165) is 45.1 Å². The molecular formula is C32H48O3. The van der Waals surface area contributed by atoms with Crippen LogP contribution in [0.4, 0.5) is 0 Å². The van der Waals surface area contributed by atoms with Crippen molar-refractivity contribution in [2.75, 3.05) is 6.61 Å². The average Bonchev–Trinajstić information content (AvgIpc) is 3.36. The quantitative estimate of drug-likeness (QED) is 0.151. The van der Waals surface area contributed by atoms with Gasteiger partial charge in [0.15, 0.2) is 0 Å². The van der Waals surface area contributed by atoms with Crippen LogP contribution in [0.15, 0.2) is 65.5 Å². The van der Waals surface area contributed by atoms with Gasteiger partial charge in [-0.25, -0.2) is 0 Å². The average molecular weight is 481 g/mol. The van der Waals surface area contributed by atoms with Gasteiger partial charge in [-0.15, -0.1) is 0 Å². The third-order valence-electron chi connectivity index (χ3n) is 7.81. The van der Waals surface area contributed by atoms with Crippen LogP contribution in [-0.4, -0.2) is 22.9 Å². The first kappa shape index (κ1) is 27.7. The van der Waals surface area contributed by atoms with Crippen molar-refractivity contribution in [1.29, 1.82) is 0 Å². The predicted octanol–water partition coefficient (Wildman–Crippen LogP) is 8.31. The number of aliphatic hydroxyl groups excluding tert-OH is 2. The maximum absolute atomic E-state index is 10.9. The topological polar surface area (TPSA) is 49.7 Å². The molecule has 1 unspecified atom stereocenters. The van der Waals surface area contributed by atoms with Crippen molar-refractivity contribution in [3.8, 4) is 0 Å². The number of hydrogen-bond acceptors (Lipinski definition) is 3. The molecule has 3 rings (SSSR count). The van der Waals surface area contributed by atoms with Gasteiger partial charge >= 0.3 is 0 Å².